The van der Waals surface area contributed by atoms with E-state index in [1.807, 2.05) is 48.5 Å². The van der Waals surface area contributed by atoms with Gasteiger partial charge in [-0.25, -0.2) is 0 Å². The zero-order valence-electron chi connectivity index (χ0n) is 29.5. The molecule has 5 aliphatic rings. The lowest BCUT2D eigenvalue weighted by Crippen LogP contribution is -2.63. The molecule has 0 aromatic rings. The average molecular weight is 648 g/mol. The fourth-order valence-corrected chi connectivity index (χ4v) is 11.4. The molecule has 1 N–H and O–H groups in total. The fourth-order valence-electron chi connectivity index (χ4n) is 10.8. The maximum Gasteiger partial charge on any atom is 0.534 e. The van der Waals surface area contributed by atoms with E-state index >= 15 is 0 Å². The van der Waals surface area contributed by atoms with Crippen molar-refractivity contribution in [3.05, 3.63) is 24.5 Å². The Kier molecular flexibility index (Phi) is 13.2. The second kappa shape index (κ2) is 14.8. The third-order valence-electron chi connectivity index (χ3n) is 12.2. The molecule has 4 nitrogen and oxygen atoms in total. The Morgan fingerprint density at radius 2 is 1.55 bits per heavy atom. The van der Waals surface area contributed by atoms with Crippen molar-refractivity contribution in [3.63, 3.8) is 0 Å². The normalized spacial score (nSPS) is 38.6. The molecular formula is C36H64F3NO3S. The summed E-state index contributed by atoms with van der Waals surface area (Å²) in [5, 5.41) is 4.01. The Bertz CT molecular complexity index is 1090. The first-order valence-corrected chi connectivity index (χ1v) is 19.0. The summed E-state index contributed by atoms with van der Waals surface area (Å²) in [6, 6.07) is 0. The Morgan fingerprint density at radius 1 is 0.932 bits per heavy atom. The lowest BCUT2D eigenvalue weighted by atomic mass is 9.37. The van der Waals surface area contributed by atoms with Crippen LogP contribution in [0.4, 0.5) is 13.2 Å². The summed E-state index contributed by atoms with van der Waals surface area (Å²) in [6.07, 6.45) is 16.0. The first kappa shape index (κ1) is 39.2. The highest BCUT2D eigenvalue weighted by Gasteiger charge is 2.66. The zero-order valence-corrected chi connectivity index (χ0v) is 30.3. The molecule has 4 fully saturated rings. The van der Waals surface area contributed by atoms with Crippen molar-refractivity contribution in [2.75, 3.05) is 6.54 Å². The molecule has 0 heterocycles. The molecule has 0 radical (unpaired) electrons. The molecule has 8 heteroatoms. The van der Waals surface area contributed by atoms with Gasteiger partial charge in [-0.15, -0.1) is 6.58 Å². The van der Waals surface area contributed by atoms with Crippen LogP contribution in [0.1, 0.15) is 140 Å². The third kappa shape index (κ3) is 6.82. The molecule has 0 aromatic carbocycles. The molecule has 5 aliphatic carbocycles. The molecule has 3 unspecified atom stereocenters. The highest BCUT2D eigenvalue weighted by atomic mass is 32.2. The van der Waals surface area contributed by atoms with Crippen molar-refractivity contribution in [1.29, 1.82) is 0 Å². The van der Waals surface area contributed by atoms with Crippen molar-refractivity contribution >= 4 is 10.1 Å². The van der Waals surface area contributed by atoms with E-state index in [9.17, 15) is 21.6 Å². The van der Waals surface area contributed by atoms with Crippen molar-refractivity contribution in [2.45, 2.75) is 151 Å². The van der Waals surface area contributed by atoms with Crippen LogP contribution in [-0.4, -0.2) is 26.0 Å². The first-order valence-electron chi connectivity index (χ1n) is 17.6. The largest absolute Gasteiger partial charge is 0.534 e. The standard InChI is InChI=1S/C29H46F3NO3S.C3H6.2C2H6/c1-6-18-33-28-14-7-8-21(28)19-9-10-23-26(4,20(19)11-17-28)15-12-22-25(2,3)24(13-16-27(22,23)5)36-37(34,35)29(30,31)32;1-3-2;2*1-2/h13,19-23,33H,6-12,14-18H2,1-5H3;3H,1H2,2H3;2*1-2H3/t19-,20?,21+,22?,23?,26-,27-,28-;;;/m0.../s1. The van der Waals surface area contributed by atoms with E-state index in [1.54, 1.807) is 12.2 Å². The van der Waals surface area contributed by atoms with E-state index in [-0.39, 0.29) is 22.5 Å². The van der Waals surface area contributed by atoms with Crippen LogP contribution in [0.2, 0.25) is 0 Å². The smallest absolute Gasteiger partial charge is 0.380 e. The molecule has 0 spiro atoms. The van der Waals surface area contributed by atoms with Crippen LogP contribution in [0.25, 0.3) is 0 Å². The maximum absolute atomic E-state index is 13.1. The van der Waals surface area contributed by atoms with Crippen LogP contribution in [-0.2, 0) is 14.3 Å². The summed E-state index contributed by atoms with van der Waals surface area (Å²) in [7, 11) is -5.67. The van der Waals surface area contributed by atoms with Crippen molar-refractivity contribution in [1.82, 2.24) is 5.32 Å². The highest BCUT2D eigenvalue weighted by Crippen LogP contribution is 2.72. The number of halogens is 3. The number of fused-ring (bicyclic) bond motifs is 7. The molecule has 0 aromatic heterocycles. The number of nitrogens with one attached hydrogen (secondary N) is 1. The second-order valence-corrected chi connectivity index (χ2v) is 16.0. The molecule has 8 atom stereocenters. The van der Waals surface area contributed by atoms with Gasteiger partial charge in [-0.05, 0) is 124 Å². The van der Waals surface area contributed by atoms with Crippen LogP contribution in [0.15, 0.2) is 24.5 Å². The Morgan fingerprint density at radius 3 is 2.11 bits per heavy atom. The number of hydrogen-bond donors (Lipinski definition) is 1. The van der Waals surface area contributed by atoms with Gasteiger partial charge in [0.05, 0.1) is 0 Å². The molecule has 258 valence electrons. The summed E-state index contributed by atoms with van der Waals surface area (Å²) >= 11 is 0. The molecule has 0 amide bonds. The second-order valence-electron chi connectivity index (χ2n) is 14.5. The summed E-state index contributed by atoms with van der Waals surface area (Å²) in [6.45, 7) is 25.2. The topological polar surface area (TPSA) is 55.4 Å². The molecule has 4 saturated carbocycles. The highest BCUT2D eigenvalue weighted by molar-refractivity contribution is 7.87. The van der Waals surface area contributed by atoms with Gasteiger partial charge < -0.3 is 9.50 Å². The number of rotatable bonds is 5. The predicted octanol–water partition coefficient (Wildman–Crippen LogP) is 10.8. The quantitative estimate of drug-likeness (QED) is 0.183. The van der Waals surface area contributed by atoms with E-state index < -0.39 is 21.0 Å². The lowest BCUT2D eigenvalue weighted by molar-refractivity contribution is -0.179. The third-order valence-corrected chi connectivity index (χ3v) is 13.2. The Labute approximate surface area is 268 Å². The number of allylic oxidation sites excluding steroid dienone is 3. The van der Waals surface area contributed by atoms with Crippen LogP contribution in [0.5, 0.6) is 0 Å². The molecule has 0 saturated heterocycles. The van der Waals surface area contributed by atoms with Gasteiger partial charge in [0, 0.05) is 11.0 Å². The van der Waals surface area contributed by atoms with Crippen LogP contribution in [0, 0.1) is 45.8 Å². The average Bonchev–Trinajstić information content (AvgIpc) is 3.40. The van der Waals surface area contributed by atoms with Gasteiger partial charge in [0.15, 0.2) is 0 Å². The van der Waals surface area contributed by atoms with Gasteiger partial charge in [-0.3, -0.25) is 0 Å². The predicted molar refractivity (Wildman–Crippen MR) is 177 cm³/mol. The fraction of sp³-hybridized carbons (Fsp3) is 0.889. The lowest BCUT2D eigenvalue weighted by Gasteiger charge is -2.68. The minimum absolute atomic E-state index is 0.0278. The van der Waals surface area contributed by atoms with Gasteiger partial charge >= 0.3 is 15.6 Å². The van der Waals surface area contributed by atoms with Crippen molar-refractivity contribution in [2.24, 2.45) is 45.8 Å². The van der Waals surface area contributed by atoms with Gasteiger partial charge in [0.2, 0.25) is 0 Å². The molecule has 0 bridgehead atoms. The monoisotopic (exact) mass is 647 g/mol. The van der Waals surface area contributed by atoms with Crippen molar-refractivity contribution in [3.8, 4) is 0 Å². The van der Waals surface area contributed by atoms with Crippen LogP contribution >= 0.6 is 0 Å². The van der Waals surface area contributed by atoms with Crippen LogP contribution in [0.3, 0.4) is 0 Å². The summed E-state index contributed by atoms with van der Waals surface area (Å²) in [5.74, 6) is 2.74. The van der Waals surface area contributed by atoms with Crippen LogP contribution < -0.4 is 5.32 Å². The van der Waals surface area contributed by atoms with Gasteiger partial charge in [-0.1, -0.05) is 74.8 Å². The minimum atomic E-state index is -5.67. The van der Waals surface area contributed by atoms with E-state index in [2.05, 4.69) is 32.7 Å². The minimum Gasteiger partial charge on any atom is -0.380 e. The van der Waals surface area contributed by atoms with E-state index in [4.69, 9.17) is 4.18 Å². The van der Waals surface area contributed by atoms with E-state index in [0.717, 1.165) is 37.6 Å². The summed E-state index contributed by atoms with van der Waals surface area (Å²) < 4.78 is 67.9. The Hall–Kier alpha value is -1.02. The molecule has 5 rings (SSSR count). The van der Waals surface area contributed by atoms with Gasteiger partial charge in [0.25, 0.3) is 0 Å². The Balaban J connectivity index is 0.000000893. The molecule has 0 aliphatic heterocycles. The first-order chi connectivity index (χ1) is 20.5. The van der Waals surface area contributed by atoms with E-state index in [0.29, 0.717) is 23.8 Å². The van der Waals surface area contributed by atoms with Gasteiger partial charge in [-0.2, -0.15) is 21.6 Å². The summed E-state index contributed by atoms with van der Waals surface area (Å²) in [5.41, 5.74) is -5.74. The summed E-state index contributed by atoms with van der Waals surface area (Å²) in [4.78, 5) is 0. The SMILES string of the molecule is C=CC.CC.CC.CCCN[C@]12CCC[C@@H]1[C@H]1CCC3[C@@](C)(CCC4C(C)(C)C(OS(=O)(=O)C(F)(F)F)=CC[C@@]43C)C1CC2. The number of alkyl halides is 3. The van der Waals surface area contributed by atoms with Gasteiger partial charge in [0.1, 0.15) is 5.76 Å². The zero-order chi connectivity index (χ0) is 33.8. The number of hydrogen-bond acceptors (Lipinski definition) is 4. The molecule has 44 heavy (non-hydrogen) atoms. The molecular weight excluding hydrogens is 583 g/mol. The van der Waals surface area contributed by atoms with E-state index in [1.165, 1.54) is 44.9 Å². The van der Waals surface area contributed by atoms with Crippen molar-refractivity contribution < 1.29 is 25.8 Å². The maximum atomic E-state index is 13.1.